The van der Waals surface area contributed by atoms with Crippen LogP contribution in [0.4, 0.5) is 5.69 Å². The number of hydrogen-bond acceptors (Lipinski definition) is 1. The monoisotopic (exact) mass is 343 g/mol. The van der Waals surface area contributed by atoms with Gasteiger partial charge in [0.2, 0.25) is 0 Å². The van der Waals surface area contributed by atoms with Crippen molar-refractivity contribution in [3.8, 4) is 0 Å². The lowest BCUT2D eigenvalue weighted by Gasteiger charge is -2.38. The first-order valence-electron chi connectivity index (χ1n) is 10.3. The van der Waals surface area contributed by atoms with Crippen LogP contribution in [0.1, 0.15) is 44.6 Å². The molecule has 2 fully saturated rings. The van der Waals surface area contributed by atoms with E-state index in [0.717, 1.165) is 37.8 Å². The molecule has 3 aliphatic rings. The van der Waals surface area contributed by atoms with E-state index in [0.29, 0.717) is 5.91 Å². The Balaban J connectivity index is 1.34. The summed E-state index contributed by atoms with van der Waals surface area (Å²) in [4.78, 5) is 18.5. The van der Waals surface area contributed by atoms with Crippen LogP contribution in [0.5, 0.6) is 0 Å². The van der Waals surface area contributed by atoms with Crippen LogP contribution in [0, 0.1) is 0 Å². The smallest absolute Gasteiger partial charge is 0.284 e. The molecule has 0 saturated carbocycles. The number of rotatable bonds is 3. The van der Waals surface area contributed by atoms with E-state index in [4.69, 9.17) is 0 Å². The molecule has 0 aliphatic carbocycles. The van der Waals surface area contributed by atoms with Gasteiger partial charge in [0.25, 0.3) is 5.91 Å². The van der Waals surface area contributed by atoms with Gasteiger partial charge in [-0.1, -0.05) is 18.2 Å². The number of quaternary nitrogens is 2. The summed E-state index contributed by atoms with van der Waals surface area (Å²) >= 11 is 0. The van der Waals surface area contributed by atoms with Gasteiger partial charge in [-0.15, -0.1) is 0 Å². The van der Waals surface area contributed by atoms with Crippen molar-refractivity contribution in [2.75, 3.05) is 37.6 Å². The highest BCUT2D eigenvalue weighted by atomic mass is 16.2. The molecule has 2 saturated heterocycles. The third-order valence-corrected chi connectivity index (χ3v) is 6.84. The number of carbonyl (C=O) groups excluding carboxylic acids is 1. The lowest BCUT2D eigenvalue weighted by molar-refractivity contribution is -0.965. The van der Waals surface area contributed by atoms with E-state index in [2.05, 4.69) is 31.2 Å². The standard InChI is InChI=1S/C21H31N3O/c1-17(21(25)24-16-9-18-7-3-4-8-20(18)24)22-14-10-19(11-15-22)23-12-5-2-6-13-23/h3-4,7-8,17,19H,2,5-6,9-16H2,1H3/p+2/t17-/m1/s1. The summed E-state index contributed by atoms with van der Waals surface area (Å²) in [5, 5.41) is 0. The average Bonchev–Trinajstić information content (AvgIpc) is 3.12. The quantitative estimate of drug-likeness (QED) is 0.800. The molecular weight excluding hydrogens is 310 g/mol. The summed E-state index contributed by atoms with van der Waals surface area (Å²) < 4.78 is 0. The first-order valence-corrected chi connectivity index (χ1v) is 10.3. The van der Waals surface area contributed by atoms with Crippen LogP contribution in [-0.4, -0.2) is 50.7 Å². The molecular formula is C21H33N3O+2. The number of benzene rings is 1. The minimum absolute atomic E-state index is 0.0865. The Morgan fingerprint density at radius 1 is 1.08 bits per heavy atom. The zero-order chi connectivity index (χ0) is 17.2. The fourth-order valence-corrected chi connectivity index (χ4v) is 5.22. The molecule has 0 unspecified atom stereocenters. The predicted octanol–water partition coefficient (Wildman–Crippen LogP) is 0.0803. The Morgan fingerprint density at radius 3 is 2.56 bits per heavy atom. The molecule has 1 aromatic carbocycles. The van der Waals surface area contributed by atoms with Gasteiger partial charge in [-0.3, -0.25) is 4.79 Å². The second-order valence-corrected chi connectivity index (χ2v) is 8.24. The third kappa shape index (κ3) is 3.47. The molecule has 1 amide bonds. The summed E-state index contributed by atoms with van der Waals surface area (Å²) in [6.07, 6.45) is 7.83. The number of piperidine rings is 2. The highest BCUT2D eigenvalue weighted by Crippen LogP contribution is 2.27. The number of carbonyl (C=O) groups is 1. The molecule has 0 spiro atoms. The number of para-hydroxylation sites is 1. The Kier molecular flexibility index (Phi) is 5.09. The van der Waals surface area contributed by atoms with Gasteiger partial charge in [0.15, 0.2) is 6.04 Å². The molecule has 3 heterocycles. The van der Waals surface area contributed by atoms with Crippen molar-refractivity contribution in [3.63, 3.8) is 0 Å². The number of fused-ring (bicyclic) bond motifs is 1. The molecule has 136 valence electrons. The van der Waals surface area contributed by atoms with E-state index < -0.39 is 0 Å². The fourth-order valence-electron chi connectivity index (χ4n) is 5.22. The van der Waals surface area contributed by atoms with E-state index in [1.54, 1.807) is 0 Å². The largest absolute Gasteiger partial charge is 0.332 e. The van der Waals surface area contributed by atoms with Crippen LogP contribution in [0.3, 0.4) is 0 Å². The Bertz CT molecular complexity index is 603. The van der Waals surface area contributed by atoms with Crippen molar-refractivity contribution in [2.24, 2.45) is 0 Å². The minimum atomic E-state index is 0.0865. The summed E-state index contributed by atoms with van der Waals surface area (Å²) in [5.41, 5.74) is 2.47. The second-order valence-electron chi connectivity index (χ2n) is 8.24. The molecule has 2 N–H and O–H groups in total. The predicted molar refractivity (Wildman–Crippen MR) is 100 cm³/mol. The van der Waals surface area contributed by atoms with Crippen LogP contribution >= 0.6 is 0 Å². The molecule has 3 aliphatic heterocycles. The lowest BCUT2D eigenvalue weighted by atomic mass is 9.98. The molecule has 0 aromatic heterocycles. The number of amides is 1. The topological polar surface area (TPSA) is 29.2 Å². The molecule has 25 heavy (non-hydrogen) atoms. The van der Waals surface area contributed by atoms with Gasteiger partial charge >= 0.3 is 0 Å². The van der Waals surface area contributed by atoms with Crippen molar-refractivity contribution in [1.29, 1.82) is 0 Å². The molecule has 4 heteroatoms. The minimum Gasteiger partial charge on any atom is -0.332 e. The molecule has 0 bridgehead atoms. The van der Waals surface area contributed by atoms with Gasteiger partial charge in [-0.2, -0.15) is 0 Å². The SMILES string of the molecule is C[C@H](C(=O)N1CCc2ccccc21)[NH+]1CCC([NH+]2CCCCC2)CC1. The number of likely N-dealkylation sites (tertiary alicyclic amines) is 2. The van der Waals surface area contributed by atoms with E-state index in [9.17, 15) is 4.79 Å². The van der Waals surface area contributed by atoms with E-state index >= 15 is 0 Å². The zero-order valence-electron chi connectivity index (χ0n) is 15.6. The maximum atomic E-state index is 13.1. The Morgan fingerprint density at radius 2 is 1.80 bits per heavy atom. The normalized spacial score (nSPS) is 28.6. The van der Waals surface area contributed by atoms with Crippen molar-refractivity contribution < 1.29 is 14.6 Å². The highest BCUT2D eigenvalue weighted by Gasteiger charge is 2.37. The molecule has 0 radical (unpaired) electrons. The van der Waals surface area contributed by atoms with Gasteiger partial charge in [-0.05, 0) is 44.2 Å². The van der Waals surface area contributed by atoms with E-state index in [1.807, 2.05) is 9.80 Å². The van der Waals surface area contributed by atoms with E-state index in [1.165, 1.54) is 55.7 Å². The third-order valence-electron chi connectivity index (χ3n) is 6.84. The number of hydrogen-bond donors (Lipinski definition) is 2. The van der Waals surface area contributed by atoms with Crippen LogP contribution in [-0.2, 0) is 11.2 Å². The van der Waals surface area contributed by atoms with Gasteiger partial charge in [0.05, 0.1) is 32.2 Å². The first-order chi connectivity index (χ1) is 12.2. The maximum absolute atomic E-state index is 13.1. The van der Waals surface area contributed by atoms with Crippen LogP contribution in [0.25, 0.3) is 0 Å². The number of nitrogens with zero attached hydrogens (tertiary/aromatic N) is 1. The van der Waals surface area contributed by atoms with Crippen molar-refractivity contribution >= 4 is 11.6 Å². The Hall–Kier alpha value is -1.39. The molecule has 1 aromatic rings. The van der Waals surface area contributed by atoms with Crippen molar-refractivity contribution in [2.45, 2.75) is 57.5 Å². The van der Waals surface area contributed by atoms with Crippen molar-refractivity contribution in [3.05, 3.63) is 29.8 Å². The average molecular weight is 344 g/mol. The number of anilines is 1. The lowest BCUT2D eigenvalue weighted by Crippen LogP contribution is -3.22. The zero-order valence-corrected chi connectivity index (χ0v) is 15.6. The van der Waals surface area contributed by atoms with Crippen molar-refractivity contribution in [1.82, 2.24) is 0 Å². The van der Waals surface area contributed by atoms with Gasteiger partial charge < -0.3 is 14.7 Å². The molecule has 4 rings (SSSR count). The summed E-state index contributed by atoms with van der Waals surface area (Å²) in [6.45, 7) is 8.08. The second kappa shape index (κ2) is 7.46. The van der Waals surface area contributed by atoms with Gasteiger partial charge in [0, 0.05) is 25.1 Å². The molecule has 1 atom stereocenters. The maximum Gasteiger partial charge on any atom is 0.284 e. The fraction of sp³-hybridized carbons (Fsp3) is 0.667. The molecule has 4 nitrogen and oxygen atoms in total. The number of nitrogens with one attached hydrogen (secondary N) is 2. The van der Waals surface area contributed by atoms with E-state index in [-0.39, 0.29) is 6.04 Å². The van der Waals surface area contributed by atoms with Crippen LogP contribution in [0.2, 0.25) is 0 Å². The van der Waals surface area contributed by atoms with Gasteiger partial charge in [0.1, 0.15) is 0 Å². The van der Waals surface area contributed by atoms with Crippen LogP contribution in [0.15, 0.2) is 24.3 Å². The first kappa shape index (κ1) is 17.0. The van der Waals surface area contributed by atoms with Crippen LogP contribution < -0.4 is 14.7 Å². The summed E-state index contributed by atoms with van der Waals surface area (Å²) in [5.74, 6) is 0.323. The highest BCUT2D eigenvalue weighted by molar-refractivity contribution is 5.97. The summed E-state index contributed by atoms with van der Waals surface area (Å²) in [6, 6.07) is 9.33. The van der Waals surface area contributed by atoms with Gasteiger partial charge in [-0.25, -0.2) is 0 Å². The Labute approximate surface area is 151 Å². The summed E-state index contributed by atoms with van der Waals surface area (Å²) in [7, 11) is 0.